The fraction of sp³-hybridized carbons (Fsp3) is 0.464. The molecular weight excluding hydrogens is 444 g/mol. The van der Waals surface area contributed by atoms with Crippen molar-refractivity contribution in [3.63, 3.8) is 0 Å². The number of hydrogen-bond acceptors (Lipinski definition) is 4. The highest BCUT2D eigenvalue weighted by Crippen LogP contribution is 2.45. The number of fused-ring (bicyclic) bond motifs is 3. The largest absolute Gasteiger partial charge is 0.481 e. The number of hydrogen-bond donors (Lipinski definition) is 2. The molecule has 2 aromatic carbocycles. The van der Waals surface area contributed by atoms with Gasteiger partial charge in [0.1, 0.15) is 6.61 Å². The van der Waals surface area contributed by atoms with Crippen LogP contribution in [-0.4, -0.2) is 52.7 Å². The molecule has 1 heterocycles. The fourth-order valence-electron chi connectivity index (χ4n) is 5.87. The van der Waals surface area contributed by atoms with Crippen LogP contribution in [-0.2, 0) is 14.3 Å². The van der Waals surface area contributed by atoms with Gasteiger partial charge in [0.05, 0.1) is 18.4 Å². The molecule has 2 aromatic rings. The molecule has 184 valence electrons. The van der Waals surface area contributed by atoms with Crippen LogP contribution >= 0.6 is 0 Å². The minimum absolute atomic E-state index is 0.0247. The Morgan fingerprint density at radius 1 is 1.03 bits per heavy atom. The molecule has 7 heteroatoms. The fourth-order valence-corrected chi connectivity index (χ4v) is 5.87. The number of carbonyl (C=O) groups is 3. The standard InChI is InChI=1S/C28H32N2O5/c1-28(18-12-13-18,16-25(31)30-14-6-7-19(30)15-26(32)33)29-27(34)35-17-24-22-10-4-2-8-20(22)21-9-3-5-11-23(21)24/h2-5,8-11,18-19,24H,6-7,12-17H2,1H3,(H,29,34)(H,32,33). The third kappa shape index (κ3) is 4.77. The lowest BCUT2D eigenvalue weighted by molar-refractivity contribution is -0.140. The second-order valence-electron chi connectivity index (χ2n) is 10.3. The molecule has 3 aliphatic rings. The maximum Gasteiger partial charge on any atom is 0.407 e. The van der Waals surface area contributed by atoms with Crippen molar-refractivity contribution >= 4 is 18.0 Å². The first-order chi connectivity index (χ1) is 16.9. The van der Waals surface area contributed by atoms with Crippen LogP contribution in [0.25, 0.3) is 11.1 Å². The molecule has 0 bridgehead atoms. The number of alkyl carbamates (subject to hydrolysis) is 1. The van der Waals surface area contributed by atoms with Gasteiger partial charge in [-0.15, -0.1) is 0 Å². The van der Waals surface area contributed by atoms with E-state index >= 15 is 0 Å². The monoisotopic (exact) mass is 476 g/mol. The van der Waals surface area contributed by atoms with E-state index in [-0.39, 0.29) is 43.2 Å². The molecule has 2 aliphatic carbocycles. The van der Waals surface area contributed by atoms with E-state index in [0.29, 0.717) is 13.0 Å². The van der Waals surface area contributed by atoms with Gasteiger partial charge in [-0.2, -0.15) is 0 Å². The molecule has 1 aliphatic heterocycles. The second-order valence-corrected chi connectivity index (χ2v) is 10.3. The van der Waals surface area contributed by atoms with Gasteiger partial charge in [0, 0.05) is 18.5 Å². The van der Waals surface area contributed by atoms with E-state index in [9.17, 15) is 19.5 Å². The van der Waals surface area contributed by atoms with Gasteiger partial charge in [0.15, 0.2) is 0 Å². The lowest BCUT2D eigenvalue weighted by atomic mass is 9.91. The van der Waals surface area contributed by atoms with Crippen molar-refractivity contribution in [2.45, 2.75) is 62.9 Å². The van der Waals surface area contributed by atoms with Gasteiger partial charge >= 0.3 is 12.1 Å². The Labute approximate surface area is 205 Å². The van der Waals surface area contributed by atoms with Gasteiger partial charge in [-0.1, -0.05) is 48.5 Å². The van der Waals surface area contributed by atoms with E-state index in [1.54, 1.807) is 4.90 Å². The maximum absolute atomic E-state index is 13.1. The minimum atomic E-state index is -0.892. The SMILES string of the molecule is CC(CC(=O)N1CCCC1CC(=O)O)(NC(=O)OCC1c2ccccc2-c2ccccc21)C1CC1. The number of likely N-dealkylation sites (tertiary alicyclic amines) is 1. The van der Waals surface area contributed by atoms with Crippen LogP contribution in [0, 0.1) is 5.92 Å². The van der Waals surface area contributed by atoms with Gasteiger partial charge in [0.25, 0.3) is 0 Å². The quantitative estimate of drug-likeness (QED) is 0.583. The summed E-state index contributed by atoms with van der Waals surface area (Å²) in [4.78, 5) is 39.0. The average molecular weight is 477 g/mol. The zero-order valence-corrected chi connectivity index (χ0v) is 20.0. The van der Waals surface area contributed by atoms with E-state index < -0.39 is 17.6 Å². The first-order valence-corrected chi connectivity index (χ1v) is 12.5. The first kappa shape index (κ1) is 23.4. The summed E-state index contributed by atoms with van der Waals surface area (Å²) >= 11 is 0. The highest BCUT2D eigenvalue weighted by molar-refractivity contribution is 5.81. The van der Waals surface area contributed by atoms with E-state index in [2.05, 4.69) is 29.6 Å². The molecule has 1 saturated heterocycles. The van der Waals surface area contributed by atoms with Crippen molar-refractivity contribution in [2.75, 3.05) is 13.2 Å². The van der Waals surface area contributed by atoms with Gasteiger partial charge in [0.2, 0.25) is 5.91 Å². The molecular formula is C28H32N2O5. The number of aliphatic carboxylic acids is 1. The molecule has 0 radical (unpaired) electrons. The molecule has 2 amide bonds. The number of nitrogens with one attached hydrogen (secondary N) is 1. The van der Waals surface area contributed by atoms with E-state index in [0.717, 1.165) is 30.4 Å². The van der Waals surface area contributed by atoms with Crippen molar-refractivity contribution in [1.29, 1.82) is 0 Å². The molecule has 35 heavy (non-hydrogen) atoms. The van der Waals surface area contributed by atoms with Crippen molar-refractivity contribution in [2.24, 2.45) is 5.92 Å². The van der Waals surface area contributed by atoms with Crippen LogP contribution in [0.4, 0.5) is 4.79 Å². The van der Waals surface area contributed by atoms with Crippen LogP contribution in [0.2, 0.25) is 0 Å². The summed E-state index contributed by atoms with van der Waals surface area (Å²) in [6, 6.07) is 16.1. The molecule has 2 N–H and O–H groups in total. The lowest BCUT2D eigenvalue weighted by Crippen LogP contribution is -2.52. The summed E-state index contributed by atoms with van der Waals surface area (Å²) in [5, 5.41) is 12.2. The van der Waals surface area contributed by atoms with Crippen LogP contribution in [0.15, 0.2) is 48.5 Å². The smallest absolute Gasteiger partial charge is 0.407 e. The Kier molecular flexibility index (Phi) is 6.26. The number of carboxylic acid groups (broad SMARTS) is 1. The van der Waals surface area contributed by atoms with Crippen LogP contribution in [0.1, 0.15) is 62.5 Å². The van der Waals surface area contributed by atoms with Crippen molar-refractivity contribution in [3.8, 4) is 11.1 Å². The van der Waals surface area contributed by atoms with Crippen LogP contribution in [0.3, 0.4) is 0 Å². The van der Waals surface area contributed by atoms with Crippen molar-refractivity contribution < 1.29 is 24.2 Å². The summed E-state index contributed by atoms with van der Waals surface area (Å²) in [7, 11) is 0. The Balaban J connectivity index is 1.24. The minimum Gasteiger partial charge on any atom is -0.481 e. The van der Waals surface area contributed by atoms with Crippen LogP contribution < -0.4 is 5.32 Å². The molecule has 2 atom stereocenters. The number of carboxylic acids is 1. The summed E-state index contributed by atoms with van der Waals surface area (Å²) in [5.74, 6) is -0.797. The summed E-state index contributed by atoms with van der Waals surface area (Å²) in [6.07, 6.45) is 3.01. The topological polar surface area (TPSA) is 95.9 Å². The van der Waals surface area contributed by atoms with E-state index in [1.807, 2.05) is 31.2 Å². The molecule has 0 aromatic heterocycles. The van der Waals surface area contributed by atoms with Crippen molar-refractivity contribution in [1.82, 2.24) is 10.2 Å². The summed E-state index contributed by atoms with van der Waals surface area (Å²) in [5.41, 5.74) is 3.94. The van der Waals surface area contributed by atoms with Crippen LogP contribution in [0.5, 0.6) is 0 Å². The normalized spacial score (nSPS) is 20.6. The highest BCUT2D eigenvalue weighted by atomic mass is 16.5. The number of carbonyl (C=O) groups excluding carboxylic acids is 2. The average Bonchev–Trinajstić information content (AvgIpc) is 3.52. The molecule has 2 unspecified atom stereocenters. The highest BCUT2D eigenvalue weighted by Gasteiger charge is 2.46. The number of rotatable bonds is 8. The molecule has 5 rings (SSSR count). The van der Waals surface area contributed by atoms with Gasteiger partial charge in [-0.25, -0.2) is 4.79 Å². The Morgan fingerprint density at radius 3 is 2.26 bits per heavy atom. The predicted octanol–water partition coefficient (Wildman–Crippen LogP) is 4.55. The van der Waals surface area contributed by atoms with E-state index in [1.165, 1.54) is 11.1 Å². The maximum atomic E-state index is 13.1. The van der Waals surface area contributed by atoms with Gasteiger partial charge < -0.3 is 20.1 Å². The number of nitrogens with zero attached hydrogens (tertiary/aromatic N) is 1. The number of benzene rings is 2. The number of ether oxygens (including phenoxy) is 1. The second kappa shape index (κ2) is 9.36. The Bertz CT molecular complexity index is 1100. The third-order valence-corrected chi connectivity index (χ3v) is 7.84. The molecule has 2 fully saturated rings. The van der Waals surface area contributed by atoms with Gasteiger partial charge in [-0.05, 0) is 60.8 Å². The first-order valence-electron chi connectivity index (χ1n) is 12.5. The molecule has 7 nitrogen and oxygen atoms in total. The third-order valence-electron chi connectivity index (χ3n) is 7.84. The lowest BCUT2D eigenvalue weighted by Gasteiger charge is -2.33. The van der Waals surface area contributed by atoms with E-state index in [4.69, 9.17) is 4.74 Å². The summed E-state index contributed by atoms with van der Waals surface area (Å²) in [6.45, 7) is 2.70. The van der Waals surface area contributed by atoms with Gasteiger partial charge in [-0.3, -0.25) is 9.59 Å². The zero-order valence-electron chi connectivity index (χ0n) is 20.0. The zero-order chi connectivity index (χ0) is 24.6. The van der Waals surface area contributed by atoms with Crippen molar-refractivity contribution in [3.05, 3.63) is 59.7 Å². The summed E-state index contributed by atoms with van der Waals surface area (Å²) < 4.78 is 5.74. The molecule has 1 saturated carbocycles. The molecule has 0 spiro atoms. The predicted molar refractivity (Wildman–Crippen MR) is 131 cm³/mol. The number of amides is 2. The Morgan fingerprint density at radius 2 is 1.66 bits per heavy atom. The Hall–Kier alpha value is -3.35.